The molecule has 7 heteroatoms. The molecule has 2 rings (SSSR count). The smallest absolute Gasteiger partial charge is 0.292 e. The molecule has 1 aliphatic heterocycles. The van der Waals surface area contributed by atoms with E-state index in [-0.39, 0.29) is 17.7 Å². The van der Waals surface area contributed by atoms with E-state index in [9.17, 15) is 14.9 Å². The number of carbonyl (C=O) groups excluding carboxylic acids is 1. The third-order valence-electron chi connectivity index (χ3n) is 3.34. The van der Waals surface area contributed by atoms with Gasteiger partial charge in [0.05, 0.1) is 17.6 Å². The van der Waals surface area contributed by atoms with Crippen LogP contribution in [0.2, 0.25) is 0 Å². The van der Waals surface area contributed by atoms with Gasteiger partial charge in [0.15, 0.2) is 0 Å². The van der Waals surface area contributed by atoms with Crippen molar-refractivity contribution in [3.63, 3.8) is 0 Å². The molecule has 1 atom stereocenters. The van der Waals surface area contributed by atoms with E-state index in [1.807, 2.05) is 13.8 Å². The zero-order valence-electron chi connectivity index (χ0n) is 12.2. The summed E-state index contributed by atoms with van der Waals surface area (Å²) in [4.78, 5) is 24.7. The molecule has 0 radical (unpaired) electrons. The Labute approximate surface area is 123 Å². The fourth-order valence-corrected chi connectivity index (χ4v) is 2.35. The topological polar surface area (TPSA) is 84.7 Å². The molecule has 21 heavy (non-hydrogen) atoms. The van der Waals surface area contributed by atoms with Gasteiger partial charge in [-0.3, -0.25) is 14.9 Å². The van der Waals surface area contributed by atoms with Gasteiger partial charge in [0.1, 0.15) is 5.69 Å². The van der Waals surface area contributed by atoms with E-state index in [1.165, 1.54) is 12.1 Å². The fourth-order valence-electron chi connectivity index (χ4n) is 2.35. The second kappa shape index (κ2) is 6.53. The highest BCUT2D eigenvalue weighted by atomic mass is 16.6. The van der Waals surface area contributed by atoms with Crippen molar-refractivity contribution in [3.05, 3.63) is 33.9 Å². The molecule has 1 heterocycles. The first kappa shape index (κ1) is 15.2. The van der Waals surface area contributed by atoms with Crippen LogP contribution in [0.4, 0.5) is 11.4 Å². The maximum atomic E-state index is 12.5. The normalized spacial score (nSPS) is 18.4. The Balaban J connectivity index is 2.24. The number of rotatable bonds is 4. The van der Waals surface area contributed by atoms with Crippen LogP contribution in [0.25, 0.3) is 0 Å². The van der Waals surface area contributed by atoms with Crippen LogP contribution in [0.1, 0.15) is 24.2 Å². The lowest BCUT2D eigenvalue weighted by atomic mass is 10.1. The van der Waals surface area contributed by atoms with Crippen LogP contribution in [0.5, 0.6) is 0 Å². The Morgan fingerprint density at radius 3 is 2.95 bits per heavy atom. The Morgan fingerprint density at radius 1 is 1.57 bits per heavy atom. The molecule has 0 aromatic heterocycles. The van der Waals surface area contributed by atoms with Gasteiger partial charge in [0.25, 0.3) is 11.6 Å². The monoisotopic (exact) mass is 293 g/mol. The molecule has 1 N–H and O–H groups in total. The summed E-state index contributed by atoms with van der Waals surface area (Å²) in [5, 5.41) is 13.9. The van der Waals surface area contributed by atoms with E-state index < -0.39 is 4.92 Å². The molecule has 1 saturated heterocycles. The first-order valence-electron chi connectivity index (χ1n) is 6.96. The zero-order chi connectivity index (χ0) is 15.4. The largest absolute Gasteiger partial charge is 0.380 e. The number of benzene rings is 1. The first-order valence-corrected chi connectivity index (χ1v) is 6.96. The molecule has 0 saturated carbocycles. The molecule has 0 bridgehead atoms. The summed E-state index contributed by atoms with van der Waals surface area (Å²) < 4.78 is 5.41. The van der Waals surface area contributed by atoms with Gasteiger partial charge in [-0.2, -0.15) is 0 Å². The number of morpholine rings is 1. The van der Waals surface area contributed by atoms with Gasteiger partial charge < -0.3 is 15.0 Å². The highest BCUT2D eigenvalue weighted by Crippen LogP contribution is 2.26. The Kier molecular flexibility index (Phi) is 4.74. The van der Waals surface area contributed by atoms with Gasteiger partial charge in [-0.15, -0.1) is 0 Å². The van der Waals surface area contributed by atoms with E-state index in [0.717, 1.165) is 0 Å². The van der Waals surface area contributed by atoms with Gasteiger partial charge in [0, 0.05) is 31.3 Å². The predicted octanol–water partition coefficient (Wildman–Crippen LogP) is 1.89. The van der Waals surface area contributed by atoms with Gasteiger partial charge in [-0.05, 0) is 26.0 Å². The molecule has 7 nitrogen and oxygen atoms in total. The number of hydrogen-bond acceptors (Lipinski definition) is 5. The average molecular weight is 293 g/mol. The summed E-state index contributed by atoms with van der Waals surface area (Å²) in [7, 11) is 0. The zero-order valence-corrected chi connectivity index (χ0v) is 12.2. The van der Waals surface area contributed by atoms with Gasteiger partial charge in [-0.25, -0.2) is 0 Å². The second-order valence-electron chi connectivity index (χ2n) is 4.95. The number of ether oxygens (including phenoxy) is 1. The van der Waals surface area contributed by atoms with Gasteiger partial charge in [0.2, 0.25) is 0 Å². The molecule has 1 unspecified atom stereocenters. The maximum Gasteiger partial charge on any atom is 0.292 e. The highest BCUT2D eigenvalue weighted by molar-refractivity contribution is 5.96. The first-order chi connectivity index (χ1) is 10.0. The van der Waals surface area contributed by atoms with Crippen molar-refractivity contribution in [2.24, 2.45) is 0 Å². The van der Waals surface area contributed by atoms with Crippen LogP contribution in [0, 0.1) is 10.1 Å². The Bertz CT molecular complexity index is 547. The van der Waals surface area contributed by atoms with Crippen molar-refractivity contribution >= 4 is 17.3 Å². The summed E-state index contributed by atoms with van der Waals surface area (Å²) >= 11 is 0. The van der Waals surface area contributed by atoms with Gasteiger partial charge >= 0.3 is 0 Å². The molecule has 0 spiro atoms. The van der Waals surface area contributed by atoms with Crippen LogP contribution in [0.15, 0.2) is 18.2 Å². The lowest BCUT2D eigenvalue weighted by Gasteiger charge is -2.31. The lowest BCUT2D eigenvalue weighted by molar-refractivity contribution is -0.384. The number of carbonyl (C=O) groups is 1. The fraction of sp³-hybridized carbons (Fsp3) is 0.500. The minimum atomic E-state index is -0.455. The van der Waals surface area contributed by atoms with Crippen molar-refractivity contribution in [2.45, 2.75) is 20.0 Å². The summed E-state index contributed by atoms with van der Waals surface area (Å²) in [6.45, 7) is 5.90. The third kappa shape index (κ3) is 3.49. The van der Waals surface area contributed by atoms with E-state index in [4.69, 9.17) is 4.74 Å². The highest BCUT2D eigenvalue weighted by Gasteiger charge is 2.24. The molecule has 1 fully saturated rings. The number of anilines is 1. The number of nitro groups is 1. The molecule has 1 aromatic rings. The van der Waals surface area contributed by atoms with Crippen molar-refractivity contribution < 1.29 is 14.5 Å². The Hall–Kier alpha value is -2.15. The van der Waals surface area contributed by atoms with Crippen molar-refractivity contribution in [1.29, 1.82) is 0 Å². The van der Waals surface area contributed by atoms with Crippen LogP contribution >= 0.6 is 0 Å². The maximum absolute atomic E-state index is 12.5. The number of nitrogens with zero attached hydrogens (tertiary/aromatic N) is 2. The summed E-state index contributed by atoms with van der Waals surface area (Å²) in [5.41, 5.74) is 0.795. The van der Waals surface area contributed by atoms with Crippen LogP contribution in [0.3, 0.4) is 0 Å². The number of nitrogens with one attached hydrogen (secondary N) is 1. The lowest BCUT2D eigenvalue weighted by Crippen LogP contribution is -2.44. The predicted molar refractivity (Wildman–Crippen MR) is 78.6 cm³/mol. The number of amides is 1. The number of nitro benzene ring substituents is 1. The molecule has 114 valence electrons. The molecular weight excluding hydrogens is 274 g/mol. The van der Waals surface area contributed by atoms with Crippen molar-refractivity contribution in [2.75, 3.05) is 31.6 Å². The molecule has 1 amide bonds. The van der Waals surface area contributed by atoms with Gasteiger partial charge in [-0.1, -0.05) is 0 Å². The molecule has 1 aliphatic rings. The average Bonchev–Trinajstić information content (AvgIpc) is 2.46. The van der Waals surface area contributed by atoms with Crippen molar-refractivity contribution in [1.82, 2.24) is 4.90 Å². The molecule has 0 aliphatic carbocycles. The van der Waals surface area contributed by atoms with E-state index in [2.05, 4.69) is 5.32 Å². The summed E-state index contributed by atoms with van der Waals surface area (Å²) in [6.07, 6.45) is 0.00832. The summed E-state index contributed by atoms with van der Waals surface area (Å²) in [6, 6.07) is 4.42. The van der Waals surface area contributed by atoms with Crippen LogP contribution in [-0.2, 0) is 4.74 Å². The van der Waals surface area contributed by atoms with E-state index in [1.54, 1.807) is 11.0 Å². The minimum Gasteiger partial charge on any atom is -0.380 e. The van der Waals surface area contributed by atoms with E-state index in [0.29, 0.717) is 37.5 Å². The Morgan fingerprint density at radius 2 is 2.33 bits per heavy atom. The third-order valence-corrected chi connectivity index (χ3v) is 3.34. The second-order valence-corrected chi connectivity index (χ2v) is 4.95. The molecular formula is C14H19N3O4. The minimum absolute atomic E-state index is 0.00832. The van der Waals surface area contributed by atoms with Crippen LogP contribution in [-0.4, -0.2) is 48.1 Å². The quantitative estimate of drug-likeness (QED) is 0.677. The van der Waals surface area contributed by atoms with E-state index >= 15 is 0 Å². The number of hydrogen-bond donors (Lipinski definition) is 1. The SMILES string of the molecule is CCNc1cc(C(=O)N2CCOC(C)C2)ccc1[N+](=O)[O-]. The van der Waals surface area contributed by atoms with Crippen LogP contribution < -0.4 is 5.32 Å². The standard InChI is InChI=1S/C14H19N3O4/c1-3-15-12-8-11(4-5-13(12)17(19)20)14(18)16-6-7-21-10(2)9-16/h4-5,8,10,15H,3,6-7,9H2,1-2H3. The summed E-state index contributed by atoms with van der Waals surface area (Å²) in [5.74, 6) is -0.126. The van der Waals surface area contributed by atoms with Crippen molar-refractivity contribution in [3.8, 4) is 0 Å². The molecule has 1 aromatic carbocycles.